The molecule has 0 saturated heterocycles. The van der Waals surface area contributed by atoms with Gasteiger partial charge in [0.25, 0.3) is 0 Å². The zero-order valence-corrected chi connectivity index (χ0v) is 16.6. The summed E-state index contributed by atoms with van der Waals surface area (Å²) in [6.07, 6.45) is 9.15. The number of carbonyl (C=O) groups excluding carboxylic acids is 2. The molecule has 1 rings (SSSR count). The maximum absolute atomic E-state index is 12.5. The average molecular weight is 363 g/mol. The van der Waals surface area contributed by atoms with Crippen LogP contribution in [0.15, 0.2) is 24.3 Å². The third-order valence-corrected chi connectivity index (χ3v) is 4.39. The van der Waals surface area contributed by atoms with Crippen molar-refractivity contribution in [1.29, 1.82) is 0 Å². The van der Waals surface area contributed by atoms with Gasteiger partial charge in [0.2, 0.25) is 0 Å². The van der Waals surface area contributed by atoms with E-state index in [4.69, 9.17) is 9.47 Å². The van der Waals surface area contributed by atoms with Gasteiger partial charge in [-0.05, 0) is 31.4 Å². The van der Waals surface area contributed by atoms with Crippen LogP contribution in [0, 0.1) is 5.92 Å². The van der Waals surface area contributed by atoms with Gasteiger partial charge in [0.1, 0.15) is 0 Å². The highest BCUT2D eigenvalue weighted by molar-refractivity contribution is 5.77. The molecule has 0 amide bonds. The van der Waals surface area contributed by atoms with E-state index in [1.54, 1.807) is 24.3 Å². The van der Waals surface area contributed by atoms with Crippen LogP contribution in [-0.4, -0.2) is 11.9 Å². The first kappa shape index (κ1) is 22.2. The second-order valence-electron chi connectivity index (χ2n) is 6.78. The van der Waals surface area contributed by atoms with Crippen molar-refractivity contribution in [3.8, 4) is 11.5 Å². The van der Waals surface area contributed by atoms with Crippen LogP contribution in [-0.2, 0) is 9.59 Å². The summed E-state index contributed by atoms with van der Waals surface area (Å²) >= 11 is 0. The number of ether oxygens (including phenoxy) is 2. The number of hydrogen-bond donors (Lipinski definition) is 0. The second-order valence-corrected chi connectivity index (χ2v) is 6.78. The smallest absolute Gasteiger partial charge is 0.314 e. The first-order valence-electron chi connectivity index (χ1n) is 10.1. The molecule has 0 fully saturated rings. The van der Waals surface area contributed by atoms with Crippen LogP contribution >= 0.6 is 0 Å². The van der Waals surface area contributed by atoms with Crippen molar-refractivity contribution < 1.29 is 19.1 Å². The van der Waals surface area contributed by atoms with Crippen molar-refractivity contribution in [3.05, 3.63) is 24.3 Å². The first-order valence-corrected chi connectivity index (χ1v) is 10.1. The summed E-state index contributed by atoms with van der Waals surface area (Å²) in [6, 6.07) is 6.91. The quantitative estimate of drug-likeness (QED) is 0.243. The fraction of sp³-hybridized carbons (Fsp3) is 0.636. The summed E-state index contributed by atoms with van der Waals surface area (Å²) in [5, 5.41) is 0. The molecule has 1 atom stereocenters. The lowest BCUT2D eigenvalue weighted by Crippen LogP contribution is -2.21. The number of hydrogen-bond acceptors (Lipinski definition) is 4. The van der Waals surface area contributed by atoms with Crippen LogP contribution in [0.4, 0.5) is 0 Å². The molecular formula is C22H34O4. The van der Waals surface area contributed by atoms with E-state index in [1.807, 2.05) is 0 Å². The SMILES string of the molecule is CCCCCCC(=O)Oc1ccccc1OC(=O)C(CCC)CCCC. The minimum absolute atomic E-state index is 0.0993. The number of para-hydroxylation sites is 2. The normalized spacial score (nSPS) is 11.8. The van der Waals surface area contributed by atoms with Gasteiger partial charge in [-0.1, -0.05) is 71.4 Å². The maximum Gasteiger partial charge on any atom is 0.314 e. The molecule has 1 aromatic rings. The fourth-order valence-corrected chi connectivity index (χ4v) is 2.86. The molecule has 1 unspecified atom stereocenters. The van der Waals surface area contributed by atoms with E-state index in [0.29, 0.717) is 17.9 Å². The van der Waals surface area contributed by atoms with Gasteiger partial charge < -0.3 is 9.47 Å². The zero-order chi connectivity index (χ0) is 19.2. The van der Waals surface area contributed by atoms with Crippen LogP contribution in [0.1, 0.15) is 85.0 Å². The summed E-state index contributed by atoms with van der Waals surface area (Å²) in [6.45, 7) is 6.32. The van der Waals surface area contributed by atoms with Crippen molar-refractivity contribution in [2.45, 2.75) is 85.0 Å². The van der Waals surface area contributed by atoms with Gasteiger partial charge in [-0.3, -0.25) is 9.59 Å². The highest BCUT2D eigenvalue weighted by Gasteiger charge is 2.21. The average Bonchev–Trinajstić information content (AvgIpc) is 2.64. The molecule has 0 radical (unpaired) electrons. The molecular weight excluding hydrogens is 328 g/mol. The number of unbranched alkanes of at least 4 members (excludes halogenated alkanes) is 4. The van der Waals surface area contributed by atoms with E-state index in [-0.39, 0.29) is 17.9 Å². The Hall–Kier alpha value is -1.84. The molecule has 146 valence electrons. The molecule has 0 heterocycles. The molecule has 0 aliphatic carbocycles. The molecule has 0 aliphatic heterocycles. The van der Waals surface area contributed by atoms with E-state index in [2.05, 4.69) is 20.8 Å². The lowest BCUT2D eigenvalue weighted by atomic mass is 9.97. The predicted molar refractivity (Wildman–Crippen MR) is 104 cm³/mol. The Morgan fingerprint density at radius 1 is 0.808 bits per heavy atom. The number of carbonyl (C=O) groups is 2. The maximum atomic E-state index is 12.5. The van der Waals surface area contributed by atoms with Gasteiger partial charge >= 0.3 is 11.9 Å². The van der Waals surface area contributed by atoms with E-state index in [9.17, 15) is 9.59 Å². The Kier molecular flexibility index (Phi) is 11.4. The van der Waals surface area contributed by atoms with Crippen molar-refractivity contribution in [3.63, 3.8) is 0 Å². The molecule has 4 nitrogen and oxygen atoms in total. The number of benzene rings is 1. The third-order valence-electron chi connectivity index (χ3n) is 4.39. The van der Waals surface area contributed by atoms with Crippen molar-refractivity contribution >= 4 is 11.9 Å². The van der Waals surface area contributed by atoms with Gasteiger partial charge in [-0.15, -0.1) is 0 Å². The monoisotopic (exact) mass is 362 g/mol. The number of esters is 2. The molecule has 0 saturated carbocycles. The summed E-state index contributed by atoms with van der Waals surface area (Å²) in [5.74, 6) is 0.0503. The summed E-state index contributed by atoms with van der Waals surface area (Å²) in [7, 11) is 0. The Bertz CT molecular complexity index is 539. The van der Waals surface area contributed by atoms with E-state index < -0.39 is 0 Å². The van der Waals surface area contributed by atoms with E-state index in [1.165, 1.54) is 0 Å². The molecule has 0 aromatic heterocycles. The molecule has 4 heteroatoms. The predicted octanol–water partition coefficient (Wildman–Crippen LogP) is 6.07. The van der Waals surface area contributed by atoms with Gasteiger partial charge in [0.15, 0.2) is 11.5 Å². The highest BCUT2D eigenvalue weighted by atomic mass is 16.6. The Balaban J connectivity index is 2.66. The molecule has 0 N–H and O–H groups in total. The molecule has 0 aliphatic rings. The lowest BCUT2D eigenvalue weighted by Gasteiger charge is -2.16. The van der Waals surface area contributed by atoms with Crippen LogP contribution in [0.2, 0.25) is 0 Å². The van der Waals surface area contributed by atoms with Gasteiger partial charge in [0, 0.05) is 6.42 Å². The summed E-state index contributed by atoms with van der Waals surface area (Å²) in [5.41, 5.74) is 0. The molecule has 0 bridgehead atoms. The molecule has 26 heavy (non-hydrogen) atoms. The van der Waals surface area contributed by atoms with Crippen LogP contribution in [0.5, 0.6) is 11.5 Å². The highest BCUT2D eigenvalue weighted by Crippen LogP contribution is 2.29. The van der Waals surface area contributed by atoms with Crippen LogP contribution < -0.4 is 9.47 Å². The third kappa shape index (κ3) is 8.50. The number of rotatable bonds is 13. The van der Waals surface area contributed by atoms with Crippen LogP contribution in [0.3, 0.4) is 0 Å². The summed E-state index contributed by atoms with van der Waals surface area (Å²) in [4.78, 5) is 24.6. The Labute approximate surface area is 158 Å². The topological polar surface area (TPSA) is 52.6 Å². The van der Waals surface area contributed by atoms with Gasteiger partial charge in [-0.25, -0.2) is 0 Å². The molecule has 1 aromatic carbocycles. The molecule has 0 spiro atoms. The first-order chi connectivity index (χ1) is 12.6. The zero-order valence-electron chi connectivity index (χ0n) is 16.6. The van der Waals surface area contributed by atoms with Crippen LogP contribution in [0.25, 0.3) is 0 Å². The second kappa shape index (κ2) is 13.4. The van der Waals surface area contributed by atoms with E-state index in [0.717, 1.165) is 57.8 Å². The van der Waals surface area contributed by atoms with Crippen molar-refractivity contribution in [2.75, 3.05) is 0 Å². The Morgan fingerprint density at radius 3 is 2.08 bits per heavy atom. The Morgan fingerprint density at radius 2 is 1.46 bits per heavy atom. The van der Waals surface area contributed by atoms with Gasteiger partial charge in [-0.2, -0.15) is 0 Å². The lowest BCUT2D eigenvalue weighted by molar-refractivity contribution is -0.140. The van der Waals surface area contributed by atoms with Gasteiger partial charge in [0.05, 0.1) is 5.92 Å². The summed E-state index contributed by atoms with van der Waals surface area (Å²) < 4.78 is 11.0. The minimum Gasteiger partial charge on any atom is -0.423 e. The standard InChI is InChI=1S/C22H34O4/c1-4-7-9-10-17-21(23)25-19-15-11-12-16-20(19)26-22(24)18(13-6-3)14-8-5-2/h11-12,15-16,18H,4-10,13-14,17H2,1-3H3. The largest absolute Gasteiger partial charge is 0.423 e. The van der Waals surface area contributed by atoms with Crippen molar-refractivity contribution in [1.82, 2.24) is 0 Å². The van der Waals surface area contributed by atoms with E-state index >= 15 is 0 Å². The minimum atomic E-state index is -0.277. The van der Waals surface area contributed by atoms with Crippen molar-refractivity contribution in [2.24, 2.45) is 5.92 Å². The fourth-order valence-electron chi connectivity index (χ4n) is 2.86.